The lowest BCUT2D eigenvalue weighted by atomic mass is 10.1. The minimum Gasteiger partial charge on any atom is -0.467 e. The van der Waals surface area contributed by atoms with E-state index in [2.05, 4.69) is 17.0 Å². The number of ether oxygens (including phenoxy) is 1. The van der Waals surface area contributed by atoms with E-state index in [9.17, 15) is 9.59 Å². The van der Waals surface area contributed by atoms with E-state index in [4.69, 9.17) is 9.15 Å². The summed E-state index contributed by atoms with van der Waals surface area (Å²) in [4.78, 5) is 32.6. The highest BCUT2D eigenvalue weighted by atomic mass is 16.5. The fourth-order valence-corrected chi connectivity index (χ4v) is 4.16. The van der Waals surface area contributed by atoms with Crippen molar-refractivity contribution >= 4 is 11.8 Å². The number of rotatable bonds is 11. The number of nitrogens with zero attached hydrogens (tertiary/aromatic N) is 3. The summed E-state index contributed by atoms with van der Waals surface area (Å²) in [5.74, 6) is 0.498. The van der Waals surface area contributed by atoms with Gasteiger partial charge in [0.15, 0.2) is 0 Å². The topological polar surface area (TPSA) is 66.2 Å². The highest BCUT2D eigenvalue weighted by Gasteiger charge is 2.24. The third kappa shape index (κ3) is 7.53. The molecule has 35 heavy (non-hydrogen) atoms. The molecule has 1 aliphatic heterocycles. The first-order valence-electron chi connectivity index (χ1n) is 12.2. The van der Waals surface area contributed by atoms with Crippen LogP contribution in [0.4, 0.5) is 0 Å². The Bertz CT molecular complexity index is 1030. The molecule has 0 spiro atoms. The first kappa shape index (κ1) is 24.7. The quantitative estimate of drug-likeness (QED) is 0.426. The average Bonchev–Trinajstić information content (AvgIpc) is 3.43. The molecular weight excluding hydrogens is 442 g/mol. The molecule has 0 unspecified atom stereocenters. The van der Waals surface area contributed by atoms with Gasteiger partial charge in [0.2, 0.25) is 5.91 Å². The molecule has 2 heterocycles. The zero-order chi connectivity index (χ0) is 24.3. The average molecular weight is 476 g/mol. The van der Waals surface area contributed by atoms with Crippen molar-refractivity contribution in [1.82, 2.24) is 14.7 Å². The summed E-state index contributed by atoms with van der Waals surface area (Å²) >= 11 is 0. The van der Waals surface area contributed by atoms with E-state index < -0.39 is 0 Å². The fourth-order valence-electron chi connectivity index (χ4n) is 4.16. The van der Waals surface area contributed by atoms with E-state index in [1.54, 1.807) is 28.2 Å². The first-order chi connectivity index (χ1) is 17.2. The molecule has 4 rings (SSSR count). The largest absolute Gasteiger partial charge is 0.467 e. The first-order valence-corrected chi connectivity index (χ1v) is 12.2. The molecule has 0 N–H and O–H groups in total. The van der Waals surface area contributed by atoms with Crippen LogP contribution in [0, 0.1) is 0 Å². The van der Waals surface area contributed by atoms with Crippen LogP contribution >= 0.6 is 0 Å². The van der Waals surface area contributed by atoms with Crippen LogP contribution in [0.3, 0.4) is 0 Å². The summed E-state index contributed by atoms with van der Waals surface area (Å²) in [6, 6.07) is 23.0. The lowest BCUT2D eigenvalue weighted by molar-refractivity contribution is -0.132. The highest BCUT2D eigenvalue weighted by Crippen LogP contribution is 2.11. The van der Waals surface area contributed by atoms with Crippen molar-refractivity contribution in [2.75, 3.05) is 52.5 Å². The molecule has 3 aromatic rings. The van der Waals surface area contributed by atoms with Crippen molar-refractivity contribution in [2.45, 2.75) is 13.0 Å². The highest BCUT2D eigenvalue weighted by molar-refractivity contribution is 5.96. The van der Waals surface area contributed by atoms with E-state index in [1.165, 1.54) is 0 Å². The normalized spacial score (nSPS) is 13.9. The van der Waals surface area contributed by atoms with E-state index in [0.29, 0.717) is 45.0 Å². The summed E-state index contributed by atoms with van der Waals surface area (Å²) in [6.45, 7) is 5.18. The molecule has 1 fully saturated rings. The molecule has 1 saturated heterocycles. The van der Waals surface area contributed by atoms with Gasteiger partial charge >= 0.3 is 0 Å². The minimum absolute atomic E-state index is 0.0214. The molecule has 184 valence electrons. The van der Waals surface area contributed by atoms with Gasteiger partial charge in [0.25, 0.3) is 5.91 Å². The maximum atomic E-state index is 13.5. The monoisotopic (exact) mass is 475 g/mol. The van der Waals surface area contributed by atoms with Crippen LogP contribution in [0.15, 0.2) is 83.5 Å². The second-order valence-corrected chi connectivity index (χ2v) is 8.68. The third-order valence-electron chi connectivity index (χ3n) is 6.22. The van der Waals surface area contributed by atoms with Crippen LogP contribution in [0.25, 0.3) is 0 Å². The van der Waals surface area contributed by atoms with Gasteiger partial charge in [-0.25, -0.2) is 0 Å². The fraction of sp³-hybridized carbons (Fsp3) is 0.357. The van der Waals surface area contributed by atoms with E-state index >= 15 is 0 Å². The molecule has 0 radical (unpaired) electrons. The lowest BCUT2D eigenvalue weighted by Gasteiger charge is -2.31. The van der Waals surface area contributed by atoms with E-state index in [1.807, 2.05) is 48.5 Å². The summed E-state index contributed by atoms with van der Waals surface area (Å²) < 4.78 is 11.0. The molecular formula is C28H33N3O4. The Morgan fingerprint density at radius 2 is 1.54 bits per heavy atom. The number of hydrogen-bond donors (Lipinski definition) is 0. The molecule has 1 aliphatic rings. The number of carbonyl (C=O) groups is 2. The van der Waals surface area contributed by atoms with Crippen LogP contribution in [-0.4, -0.2) is 79.0 Å². The molecule has 0 saturated carbocycles. The van der Waals surface area contributed by atoms with Crippen LogP contribution in [0.5, 0.6) is 0 Å². The summed E-state index contributed by atoms with van der Waals surface area (Å²) in [7, 11) is 0. The Kier molecular flexibility index (Phi) is 9.09. The molecule has 2 aromatic carbocycles. The Balaban J connectivity index is 1.46. The maximum absolute atomic E-state index is 13.5. The van der Waals surface area contributed by atoms with Gasteiger partial charge in [0.05, 0.1) is 26.0 Å². The van der Waals surface area contributed by atoms with Gasteiger partial charge in [0.1, 0.15) is 12.3 Å². The summed E-state index contributed by atoms with van der Waals surface area (Å²) in [6.07, 6.45) is 2.34. The van der Waals surface area contributed by atoms with Gasteiger partial charge in [-0.3, -0.25) is 14.5 Å². The number of furan rings is 1. The van der Waals surface area contributed by atoms with E-state index in [0.717, 1.165) is 30.8 Å². The summed E-state index contributed by atoms with van der Waals surface area (Å²) in [5, 5.41) is 0. The summed E-state index contributed by atoms with van der Waals surface area (Å²) in [5.41, 5.74) is 1.75. The second-order valence-electron chi connectivity index (χ2n) is 8.68. The number of hydrogen-bond acceptors (Lipinski definition) is 5. The number of amides is 2. The molecule has 0 aliphatic carbocycles. The van der Waals surface area contributed by atoms with Gasteiger partial charge in [0, 0.05) is 38.3 Å². The SMILES string of the molecule is O=C(CN(CCN1CCOCC1)C(=O)c1ccccc1)N(CCc1ccccc1)Cc1ccco1. The van der Waals surface area contributed by atoms with Crippen LogP contribution < -0.4 is 0 Å². The molecule has 2 amide bonds. The van der Waals surface area contributed by atoms with Gasteiger partial charge in [-0.15, -0.1) is 0 Å². The Morgan fingerprint density at radius 3 is 2.23 bits per heavy atom. The molecule has 7 nitrogen and oxygen atoms in total. The van der Waals surface area contributed by atoms with Crippen LogP contribution in [-0.2, 0) is 22.5 Å². The Hall–Kier alpha value is -3.42. The maximum Gasteiger partial charge on any atom is 0.254 e. The van der Waals surface area contributed by atoms with Crippen molar-refractivity contribution < 1.29 is 18.7 Å². The Labute approximate surface area is 206 Å². The number of morpholine rings is 1. The molecule has 0 atom stereocenters. The zero-order valence-electron chi connectivity index (χ0n) is 20.1. The van der Waals surface area contributed by atoms with Crippen molar-refractivity contribution in [3.8, 4) is 0 Å². The predicted molar refractivity (Wildman–Crippen MR) is 134 cm³/mol. The van der Waals surface area contributed by atoms with E-state index in [-0.39, 0.29) is 18.4 Å². The van der Waals surface area contributed by atoms with Crippen molar-refractivity contribution in [1.29, 1.82) is 0 Å². The van der Waals surface area contributed by atoms with Crippen molar-refractivity contribution in [3.63, 3.8) is 0 Å². The van der Waals surface area contributed by atoms with Crippen molar-refractivity contribution in [3.05, 3.63) is 95.9 Å². The van der Waals surface area contributed by atoms with Gasteiger partial charge < -0.3 is 19.0 Å². The minimum atomic E-state index is -0.131. The molecule has 0 bridgehead atoms. The Morgan fingerprint density at radius 1 is 0.829 bits per heavy atom. The lowest BCUT2D eigenvalue weighted by Crippen LogP contribution is -2.47. The smallest absolute Gasteiger partial charge is 0.254 e. The number of carbonyl (C=O) groups excluding carboxylic acids is 2. The zero-order valence-corrected chi connectivity index (χ0v) is 20.1. The number of benzene rings is 2. The molecule has 1 aromatic heterocycles. The van der Waals surface area contributed by atoms with Gasteiger partial charge in [-0.2, -0.15) is 0 Å². The van der Waals surface area contributed by atoms with Crippen LogP contribution in [0.1, 0.15) is 21.7 Å². The standard InChI is InChI=1S/C28H33N3O4/c32-27(30(22-26-12-7-19-35-26)14-13-24-8-3-1-4-9-24)23-31(16-15-29-17-20-34-21-18-29)28(33)25-10-5-2-6-11-25/h1-12,19H,13-18,20-23H2. The van der Waals surface area contributed by atoms with Crippen LogP contribution in [0.2, 0.25) is 0 Å². The predicted octanol–water partition coefficient (Wildman–Crippen LogP) is 3.33. The second kappa shape index (κ2) is 12.9. The third-order valence-corrected chi connectivity index (χ3v) is 6.22. The molecule has 7 heteroatoms. The van der Waals surface area contributed by atoms with Crippen molar-refractivity contribution in [2.24, 2.45) is 0 Å². The van der Waals surface area contributed by atoms with Gasteiger partial charge in [-0.05, 0) is 36.2 Å². The van der Waals surface area contributed by atoms with Gasteiger partial charge in [-0.1, -0.05) is 48.5 Å².